The Morgan fingerprint density at radius 3 is 2.68 bits per heavy atom. The lowest BCUT2D eigenvalue weighted by Crippen LogP contribution is -2.42. The third-order valence-corrected chi connectivity index (χ3v) is 8.07. The zero-order valence-corrected chi connectivity index (χ0v) is 17.5. The van der Waals surface area contributed by atoms with Gasteiger partial charge in [-0.1, -0.05) is 12.8 Å². The van der Waals surface area contributed by atoms with Gasteiger partial charge in [-0.25, -0.2) is 13.1 Å². The summed E-state index contributed by atoms with van der Waals surface area (Å²) in [6.45, 7) is 5.09. The fraction of sp³-hybridized carbons (Fsp3) is 0.667. The molecule has 1 atom stereocenters. The minimum absolute atomic E-state index is 0.160. The van der Waals surface area contributed by atoms with Gasteiger partial charge in [-0.15, -0.1) is 0 Å². The molecule has 1 amide bonds. The van der Waals surface area contributed by atoms with Gasteiger partial charge in [0.15, 0.2) is 0 Å². The average molecular weight is 406 g/mol. The quantitative estimate of drug-likeness (QED) is 0.790. The van der Waals surface area contributed by atoms with Crippen LogP contribution in [0.5, 0.6) is 0 Å². The van der Waals surface area contributed by atoms with Crippen molar-refractivity contribution < 1.29 is 13.2 Å². The average Bonchev–Trinajstić information content (AvgIpc) is 3.05. The van der Waals surface area contributed by atoms with E-state index in [2.05, 4.69) is 16.5 Å². The number of benzene rings is 1. The lowest BCUT2D eigenvalue weighted by Gasteiger charge is -2.33. The van der Waals surface area contributed by atoms with Crippen LogP contribution in [0, 0.1) is 5.92 Å². The Hall–Kier alpha value is -1.44. The van der Waals surface area contributed by atoms with Crippen molar-refractivity contribution in [2.45, 2.75) is 62.8 Å². The SMILES string of the molecule is C[C@H]1CCCCN1CCNS(=O)(=O)c1ccc2c(c1)CCN2C(=O)C1CCC1. The summed E-state index contributed by atoms with van der Waals surface area (Å²) >= 11 is 0. The molecular formula is C21H31N3O3S. The Morgan fingerprint density at radius 1 is 1.14 bits per heavy atom. The molecule has 0 aromatic heterocycles. The number of nitrogens with zero attached hydrogens (tertiary/aromatic N) is 2. The van der Waals surface area contributed by atoms with Crippen LogP contribution in [0.1, 0.15) is 51.0 Å². The fourth-order valence-electron chi connectivity index (χ4n) is 4.55. The summed E-state index contributed by atoms with van der Waals surface area (Å²) in [5, 5.41) is 0. The third kappa shape index (κ3) is 3.98. The fourth-order valence-corrected chi connectivity index (χ4v) is 5.62. The van der Waals surface area contributed by atoms with E-state index in [0.717, 1.165) is 50.0 Å². The number of hydrogen-bond donors (Lipinski definition) is 1. The highest BCUT2D eigenvalue weighted by Crippen LogP contribution is 2.35. The number of amides is 1. The molecule has 2 aliphatic heterocycles. The number of anilines is 1. The standard InChI is InChI=1S/C21H31N3O3S/c1-16-5-2-3-12-23(16)14-11-22-28(26,27)19-8-9-20-18(15-19)10-13-24(20)21(25)17-6-4-7-17/h8-9,15-17,22H,2-7,10-14H2,1H3/t16-/m0/s1. The molecular weight excluding hydrogens is 374 g/mol. The summed E-state index contributed by atoms with van der Waals surface area (Å²) in [6.07, 6.45) is 7.47. The molecule has 1 aliphatic carbocycles. The van der Waals surface area contributed by atoms with Gasteiger partial charge in [-0.3, -0.25) is 9.69 Å². The van der Waals surface area contributed by atoms with Crippen molar-refractivity contribution in [1.82, 2.24) is 9.62 Å². The molecule has 0 bridgehead atoms. The number of sulfonamides is 1. The van der Waals surface area contributed by atoms with Crippen LogP contribution in [0.15, 0.2) is 23.1 Å². The monoisotopic (exact) mass is 405 g/mol. The van der Waals surface area contributed by atoms with Crippen LogP contribution in [0.25, 0.3) is 0 Å². The molecule has 2 heterocycles. The van der Waals surface area contributed by atoms with E-state index >= 15 is 0 Å². The molecule has 1 aromatic carbocycles. The molecule has 1 saturated carbocycles. The van der Waals surface area contributed by atoms with E-state index < -0.39 is 10.0 Å². The first-order valence-electron chi connectivity index (χ1n) is 10.6. The number of piperidine rings is 1. The number of nitrogens with one attached hydrogen (secondary N) is 1. The maximum atomic E-state index is 12.7. The maximum absolute atomic E-state index is 12.7. The molecule has 7 heteroatoms. The predicted octanol–water partition coefficient (Wildman–Crippen LogP) is 2.53. The summed E-state index contributed by atoms with van der Waals surface area (Å²) in [6, 6.07) is 5.71. The number of carbonyl (C=O) groups is 1. The molecule has 0 unspecified atom stereocenters. The highest BCUT2D eigenvalue weighted by Gasteiger charge is 2.33. The van der Waals surface area contributed by atoms with Crippen molar-refractivity contribution in [3.05, 3.63) is 23.8 Å². The summed E-state index contributed by atoms with van der Waals surface area (Å²) < 4.78 is 28.2. The number of rotatable bonds is 6. The van der Waals surface area contributed by atoms with E-state index in [1.165, 1.54) is 19.3 Å². The topological polar surface area (TPSA) is 69.7 Å². The first-order valence-corrected chi connectivity index (χ1v) is 12.1. The van der Waals surface area contributed by atoms with Gasteiger partial charge >= 0.3 is 0 Å². The van der Waals surface area contributed by atoms with Crippen molar-refractivity contribution in [1.29, 1.82) is 0 Å². The van der Waals surface area contributed by atoms with Gasteiger partial charge in [0.25, 0.3) is 0 Å². The number of hydrogen-bond acceptors (Lipinski definition) is 4. The van der Waals surface area contributed by atoms with Gasteiger partial charge in [-0.05, 0) is 69.3 Å². The second kappa shape index (κ2) is 8.13. The summed E-state index contributed by atoms with van der Waals surface area (Å²) in [4.78, 5) is 17.1. The molecule has 1 aromatic rings. The Labute approximate surface area is 168 Å². The van der Waals surface area contributed by atoms with Crippen LogP contribution in [-0.4, -0.2) is 51.4 Å². The van der Waals surface area contributed by atoms with Gasteiger partial charge in [0.05, 0.1) is 4.90 Å². The van der Waals surface area contributed by atoms with Crippen molar-refractivity contribution >= 4 is 21.6 Å². The molecule has 0 spiro atoms. The van der Waals surface area contributed by atoms with Gasteiger partial charge in [0.2, 0.25) is 15.9 Å². The Morgan fingerprint density at radius 2 is 1.96 bits per heavy atom. The predicted molar refractivity (Wildman–Crippen MR) is 110 cm³/mol. The lowest BCUT2D eigenvalue weighted by molar-refractivity contribution is -0.124. The smallest absolute Gasteiger partial charge is 0.240 e. The van der Waals surface area contributed by atoms with Gasteiger partial charge < -0.3 is 4.90 Å². The Bertz CT molecular complexity index is 835. The number of fused-ring (bicyclic) bond motifs is 1. The maximum Gasteiger partial charge on any atom is 0.240 e. The minimum atomic E-state index is -3.53. The van der Waals surface area contributed by atoms with Gasteiger partial charge in [-0.2, -0.15) is 0 Å². The highest BCUT2D eigenvalue weighted by atomic mass is 32.2. The summed E-state index contributed by atoms with van der Waals surface area (Å²) in [7, 11) is -3.53. The van der Waals surface area contributed by atoms with E-state index in [9.17, 15) is 13.2 Å². The number of carbonyl (C=O) groups excluding carboxylic acids is 1. The zero-order valence-electron chi connectivity index (χ0n) is 16.7. The zero-order chi connectivity index (χ0) is 19.7. The van der Waals surface area contributed by atoms with Crippen LogP contribution in [0.3, 0.4) is 0 Å². The van der Waals surface area contributed by atoms with E-state index in [1.807, 2.05) is 4.90 Å². The first kappa shape index (κ1) is 19.9. The van der Waals surface area contributed by atoms with Crippen LogP contribution in [0.2, 0.25) is 0 Å². The highest BCUT2D eigenvalue weighted by molar-refractivity contribution is 7.89. The molecule has 4 rings (SSSR count). The van der Waals surface area contributed by atoms with Crippen molar-refractivity contribution in [3.8, 4) is 0 Å². The Kier molecular flexibility index (Phi) is 5.76. The minimum Gasteiger partial charge on any atom is -0.312 e. The van der Waals surface area contributed by atoms with Crippen molar-refractivity contribution in [2.24, 2.45) is 5.92 Å². The molecule has 28 heavy (non-hydrogen) atoms. The molecule has 2 fully saturated rings. The second-order valence-electron chi connectivity index (χ2n) is 8.44. The summed E-state index contributed by atoms with van der Waals surface area (Å²) in [5.41, 5.74) is 1.85. The molecule has 6 nitrogen and oxygen atoms in total. The molecule has 0 radical (unpaired) electrons. The van der Waals surface area contributed by atoms with E-state index in [1.54, 1.807) is 18.2 Å². The Balaban J connectivity index is 1.39. The summed E-state index contributed by atoms with van der Waals surface area (Å²) in [5.74, 6) is 0.364. The van der Waals surface area contributed by atoms with E-state index in [0.29, 0.717) is 24.0 Å². The molecule has 1 N–H and O–H groups in total. The second-order valence-corrected chi connectivity index (χ2v) is 10.2. The largest absolute Gasteiger partial charge is 0.312 e. The van der Waals surface area contributed by atoms with Crippen LogP contribution < -0.4 is 9.62 Å². The molecule has 154 valence electrons. The van der Waals surface area contributed by atoms with Crippen LogP contribution in [0.4, 0.5) is 5.69 Å². The van der Waals surface area contributed by atoms with Crippen molar-refractivity contribution in [3.63, 3.8) is 0 Å². The first-order chi connectivity index (χ1) is 13.5. The van der Waals surface area contributed by atoms with Gasteiger partial charge in [0, 0.05) is 37.3 Å². The number of likely N-dealkylation sites (tertiary alicyclic amines) is 1. The third-order valence-electron chi connectivity index (χ3n) is 6.61. The molecule has 1 saturated heterocycles. The molecule has 3 aliphatic rings. The normalized spacial score (nSPS) is 23.5. The van der Waals surface area contributed by atoms with Crippen LogP contribution >= 0.6 is 0 Å². The van der Waals surface area contributed by atoms with E-state index in [4.69, 9.17) is 0 Å². The lowest BCUT2D eigenvalue weighted by atomic mass is 9.84. The van der Waals surface area contributed by atoms with Gasteiger partial charge in [0.1, 0.15) is 0 Å². The van der Waals surface area contributed by atoms with E-state index in [-0.39, 0.29) is 11.8 Å². The van der Waals surface area contributed by atoms with Crippen molar-refractivity contribution in [2.75, 3.05) is 31.1 Å². The van der Waals surface area contributed by atoms with Crippen LogP contribution in [-0.2, 0) is 21.2 Å².